The summed E-state index contributed by atoms with van der Waals surface area (Å²) in [6.45, 7) is 4.01. The smallest absolute Gasteiger partial charge is 0.319 e. The van der Waals surface area contributed by atoms with Gasteiger partial charge in [-0.15, -0.1) is 0 Å². The number of aromatic nitrogens is 2. The van der Waals surface area contributed by atoms with Crippen LogP contribution >= 0.6 is 0 Å². The van der Waals surface area contributed by atoms with Gasteiger partial charge in [0.25, 0.3) is 5.91 Å². The van der Waals surface area contributed by atoms with Crippen LogP contribution in [0, 0.1) is 0 Å². The first kappa shape index (κ1) is 20.7. The fraction of sp³-hybridized carbons (Fsp3) is 0.478. The Balaban J connectivity index is 1.48. The first-order chi connectivity index (χ1) is 15.5. The molecule has 3 fully saturated rings. The van der Waals surface area contributed by atoms with Crippen molar-refractivity contribution in [3.8, 4) is 11.4 Å². The maximum absolute atomic E-state index is 12.8. The van der Waals surface area contributed by atoms with Gasteiger partial charge in [-0.3, -0.25) is 9.69 Å². The topological polar surface area (TPSA) is 114 Å². The summed E-state index contributed by atoms with van der Waals surface area (Å²) in [6.07, 6.45) is 3.95. The molecule has 0 spiro atoms. The molecule has 1 aliphatic heterocycles. The average molecular weight is 437 g/mol. The van der Waals surface area contributed by atoms with E-state index in [1.54, 1.807) is 11.0 Å². The van der Waals surface area contributed by atoms with Gasteiger partial charge in [-0.1, -0.05) is 0 Å². The molecule has 5 rings (SSSR count). The molecule has 168 valence electrons. The molecule has 3 aliphatic rings. The maximum atomic E-state index is 12.8. The number of primary amides is 1. The second kappa shape index (κ2) is 8.38. The monoisotopic (exact) mass is 436 g/mol. The fourth-order valence-electron chi connectivity index (χ4n) is 4.00. The zero-order chi connectivity index (χ0) is 22.2. The molecule has 9 nitrogen and oxygen atoms in total. The van der Waals surface area contributed by atoms with Gasteiger partial charge in [-0.05, 0) is 56.9 Å². The SMILES string of the molecule is C[C@H]1COCCN1c1cc(C(=O)NC2CC2)nc(-c2ccc(N(C(N)=O)C3CC3)cc2)n1. The number of carbonyl (C=O) groups excluding carboxylic acids is 2. The molecule has 3 amide bonds. The molecule has 1 aromatic heterocycles. The predicted molar refractivity (Wildman–Crippen MR) is 121 cm³/mol. The molecule has 0 bridgehead atoms. The molecule has 3 N–H and O–H groups in total. The van der Waals surface area contributed by atoms with E-state index in [9.17, 15) is 9.59 Å². The van der Waals surface area contributed by atoms with E-state index in [0.29, 0.717) is 37.1 Å². The molecule has 2 aromatic rings. The lowest BCUT2D eigenvalue weighted by Crippen LogP contribution is -2.44. The summed E-state index contributed by atoms with van der Waals surface area (Å²) >= 11 is 0. The van der Waals surface area contributed by atoms with E-state index >= 15 is 0 Å². The number of nitrogens with two attached hydrogens (primary N) is 1. The van der Waals surface area contributed by atoms with Crippen LogP contribution in [0.25, 0.3) is 11.4 Å². The van der Waals surface area contributed by atoms with E-state index in [4.69, 9.17) is 15.5 Å². The molecule has 2 saturated carbocycles. The summed E-state index contributed by atoms with van der Waals surface area (Å²) < 4.78 is 5.56. The number of benzene rings is 1. The van der Waals surface area contributed by atoms with Crippen molar-refractivity contribution in [3.05, 3.63) is 36.0 Å². The number of hydrogen-bond acceptors (Lipinski definition) is 6. The molecular weight excluding hydrogens is 408 g/mol. The number of carbonyl (C=O) groups is 2. The zero-order valence-electron chi connectivity index (χ0n) is 18.2. The number of anilines is 2. The van der Waals surface area contributed by atoms with Crippen molar-refractivity contribution in [1.82, 2.24) is 15.3 Å². The largest absolute Gasteiger partial charge is 0.377 e. The Hall–Kier alpha value is -3.20. The molecule has 2 heterocycles. The van der Waals surface area contributed by atoms with Gasteiger partial charge in [0.2, 0.25) is 0 Å². The highest BCUT2D eigenvalue weighted by atomic mass is 16.5. The molecule has 32 heavy (non-hydrogen) atoms. The number of urea groups is 1. The minimum atomic E-state index is -0.446. The first-order valence-electron chi connectivity index (χ1n) is 11.2. The second-order valence-corrected chi connectivity index (χ2v) is 8.79. The summed E-state index contributed by atoms with van der Waals surface area (Å²) in [6, 6.07) is 9.35. The van der Waals surface area contributed by atoms with Crippen LogP contribution in [0.3, 0.4) is 0 Å². The standard InChI is InChI=1S/C23H28N6O3/c1-14-13-32-11-10-28(14)20-12-19(22(30)25-16-4-5-16)26-21(27-20)15-2-6-17(7-3-15)29(23(24)31)18-8-9-18/h2-3,6-7,12,14,16,18H,4-5,8-11,13H2,1H3,(H2,24,31)(H,25,30)/t14-/m0/s1. The van der Waals surface area contributed by atoms with Crippen molar-refractivity contribution < 1.29 is 14.3 Å². The van der Waals surface area contributed by atoms with Gasteiger partial charge in [0.05, 0.1) is 19.3 Å². The Morgan fingerprint density at radius 3 is 2.53 bits per heavy atom. The van der Waals surface area contributed by atoms with Crippen molar-refractivity contribution in [2.75, 3.05) is 29.6 Å². The van der Waals surface area contributed by atoms with Gasteiger partial charge in [-0.2, -0.15) is 0 Å². The summed E-state index contributed by atoms with van der Waals surface area (Å²) in [5.74, 6) is 1.02. The Bertz CT molecular complexity index is 1020. The van der Waals surface area contributed by atoms with Crippen LogP contribution in [-0.4, -0.2) is 59.8 Å². The van der Waals surface area contributed by atoms with Crippen LogP contribution in [0.5, 0.6) is 0 Å². The highest BCUT2D eigenvalue weighted by molar-refractivity contribution is 5.94. The molecule has 0 radical (unpaired) electrons. The lowest BCUT2D eigenvalue weighted by atomic mass is 10.1. The first-order valence-corrected chi connectivity index (χ1v) is 11.2. The maximum Gasteiger partial charge on any atom is 0.319 e. The zero-order valence-corrected chi connectivity index (χ0v) is 18.2. The summed E-state index contributed by atoms with van der Waals surface area (Å²) in [7, 11) is 0. The molecule has 1 atom stereocenters. The third-order valence-corrected chi connectivity index (χ3v) is 6.07. The Kier molecular flexibility index (Phi) is 5.42. The van der Waals surface area contributed by atoms with E-state index < -0.39 is 6.03 Å². The number of nitrogens with one attached hydrogen (secondary N) is 1. The number of hydrogen-bond donors (Lipinski definition) is 2. The predicted octanol–water partition coefficient (Wildman–Crippen LogP) is 2.31. The minimum absolute atomic E-state index is 0.149. The Morgan fingerprint density at radius 1 is 1.16 bits per heavy atom. The third-order valence-electron chi connectivity index (χ3n) is 6.07. The van der Waals surface area contributed by atoms with Crippen LogP contribution in [0.2, 0.25) is 0 Å². The highest BCUT2D eigenvalue weighted by Crippen LogP contribution is 2.32. The summed E-state index contributed by atoms with van der Waals surface area (Å²) in [5.41, 5.74) is 7.47. The van der Waals surface area contributed by atoms with Crippen molar-refractivity contribution in [3.63, 3.8) is 0 Å². The van der Waals surface area contributed by atoms with Crippen LogP contribution < -0.4 is 20.9 Å². The molecule has 9 heteroatoms. The van der Waals surface area contributed by atoms with Crippen molar-refractivity contribution in [2.24, 2.45) is 5.73 Å². The molecule has 1 aromatic carbocycles. The highest BCUT2D eigenvalue weighted by Gasteiger charge is 2.32. The van der Waals surface area contributed by atoms with E-state index in [2.05, 4.69) is 22.1 Å². The lowest BCUT2D eigenvalue weighted by molar-refractivity contribution is 0.0945. The third kappa shape index (κ3) is 4.38. The average Bonchev–Trinajstić information content (AvgIpc) is 3.71. The Morgan fingerprint density at radius 2 is 1.91 bits per heavy atom. The lowest BCUT2D eigenvalue weighted by Gasteiger charge is -2.34. The number of ether oxygens (including phenoxy) is 1. The minimum Gasteiger partial charge on any atom is -0.377 e. The fourth-order valence-corrected chi connectivity index (χ4v) is 4.00. The normalized spacial score (nSPS) is 20.7. The molecule has 2 aliphatic carbocycles. The van der Waals surface area contributed by atoms with E-state index in [-0.39, 0.29) is 24.0 Å². The molecule has 1 saturated heterocycles. The summed E-state index contributed by atoms with van der Waals surface area (Å²) in [4.78, 5) is 37.8. The van der Waals surface area contributed by atoms with Gasteiger partial charge in [-0.25, -0.2) is 14.8 Å². The summed E-state index contributed by atoms with van der Waals surface area (Å²) in [5, 5.41) is 3.02. The van der Waals surface area contributed by atoms with Crippen molar-refractivity contribution >= 4 is 23.4 Å². The number of morpholine rings is 1. The van der Waals surface area contributed by atoms with Gasteiger partial charge < -0.3 is 20.7 Å². The number of nitrogens with zero attached hydrogens (tertiary/aromatic N) is 4. The molecule has 0 unspecified atom stereocenters. The van der Waals surface area contributed by atoms with Crippen LogP contribution in [0.4, 0.5) is 16.3 Å². The van der Waals surface area contributed by atoms with E-state index in [1.165, 1.54) is 0 Å². The number of rotatable bonds is 6. The second-order valence-electron chi connectivity index (χ2n) is 8.79. The van der Waals surface area contributed by atoms with E-state index in [1.807, 2.05) is 24.3 Å². The Labute approximate surface area is 187 Å². The number of amides is 3. The van der Waals surface area contributed by atoms with Crippen LogP contribution in [0.15, 0.2) is 30.3 Å². The van der Waals surface area contributed by atoms with Gasteiger partial charge in [0, 0.05) is 35.9 Å². The van der Waals surface area contributed by atoms with Gasteiger partial charge in [0.1, 0.15) is 11.5 Å². The van der Waals surface area contributed by atoms with Crippen LogP contribution in [-0.2, 0) is 4.74 Å². The van der Waals surface area contributed by atoms with E-state index in [0.717, 1.165) is 36.9 Å². The quantitative estimate of drug-likeness (QED) is 0.718. The van der Waals surface area contributed by atoms with Gasteiger partial charge >= 0.3 is 6.03 Å². The van der Waals surface area contributed by atoms with Crippen LogP contribution in [0.1, 0.15) is 43.1 Å². The molecular formula is C23H28N6O3. The van der Waals surface area contributed by atoms with Crippen molar-refractivity contribution in [2.45, 2.75) is 50.7 Å². The van der Waals surface area contributed by atoms with Gasteiger partial charge in [0.15, 0.2) is 5.82 Å². The van der Waals surface area contributed by atoms with Crippen molar-refractivity contribution in [1.29, 1.82) is 0 Å².